The van der Waals surface area contributed by atoms with Crippen molar-refractivity contribution in [1.29, 1.82) is 0 Å². The van der Waals surface area contributed by atoms with Crippen molar-refractivity contribution in [1.82, 2.24) is 5.32 Å². The zero-order chi connectivity index (χ0) is 52.9. The zero-order valence-electron chi connectivity index (χ0n) is 47.9. The van der Waals surface area contributed by atoms with Gasteiger partial charge in [-0.15, -0.1) is 0 Å². The van der Waals surface area contributed by atoms with Gasteiger partial charge in [-0.05, 0) is 38.5 Å². The van der Waals surface area contributed by atoms with Crippen LogP contribution in [-0.4, -0.2) is 87.5 Å². The van der Waals surface area contributed by atoms with Crippen LogP contribution < -0.4 is 5.32 Å². The molecule has 73 heavy (non-hydrogen) atoms. The lowest BCUT2D eigenvalue weighted by atomic mass is 9.99. The molecule has 430 valence electrons. The summed E-state index contributed by atoms with van der Waals surface area (Å²) in [6.07, 6.45) is 64.2. The number of amides is 1. The molecule has 0 radical (unpaired) electrons. The molecule has 1 aliphatic heterocycles. The number of allylic oxidation sites excluding steroid dienone is 5. The maximum Gasteiger partial charge on any atom is 0.220 e. The SMILES string of the molecule is CCCC/C=C/CC/C=C/CC/C=C/C(O)C(COC1OC(CO)C(O)C(O)C1O)NC(=O)CCCCCCCCCCCCCCCCCCCCCCCCCCCCCCCCCCCCCCCC. The van der Waals surface area contributed by atoms with E-state index >= 15 is 0 Å². The number of hydrogen-bond acceptors (Lipinski definition) is 8. The van der Waals surface area contributed by atoms with Gasteiger partial charge >= 0.3 is 0 Å². The molecule has 1 rings (SSSR count). The monoisotopic (exact) mass is 1030 g/mol. The summed E-state index contributed by atoms with van der Waals surface area (Å²) in [5, 5.41) is 54.3. The maximum atomic E-state index is 13.0. The fourth-order valence-corrected chi connectivity index (χ4v) is 10.2. The topological polar surface area (TPSA) is 149 Å². The van der Waals surface area contributed by atoms with Crippen LogP contribution in [0.25, 0.3) is 0 Å². The van der Waals surface area contributed by atoms with Crippen LogP contribution in [0.5, 0.6) is 0 Å². The third-order valence-electron chi connectivity index (χ3n) is 15.2. The van der Waals surface area contributed by atoms with Crippen molar-refractivity contribution in [2.75, 3.05) is 13.2 Å². The highest BCUT2D eigenvalue weighted by molar-refractivity contribution is 5.76. The number of ether oxygens (including phenoxy) is 2. The molecule has 1 saturated heterocycles. The summed E-state index contributed by atoms with van der Waals surface area (Å²) >= 11 is 0. The first-order chi connectivity index (χ1) is 35.8. The Labute approximate surface area is 451 Å². The summed E-state index contributed by atoms with van der Waals surface area (Å²) in [4.78, 5) is 13.0. The van der Waals surface area contributed by atoms with Crippen LogP contribution in [0.15, 0.2) is 36.5 Å². The molecule has 0 aromatic rings. The molecule has 1 aliphatic rings. The molecule has 0 aromatic carbocycles. The minimum absolute atomic E-state index is 0.187. The number of carbonyl (C=O) groups excluding carboxylic acids is 1. The molecule has 7 unspecified atom stereocenters. The number of aliphatic hydroxyl groups is 5. The first kappa shape index (κ1) is 69.4. The van der Waals surface area contributed by atoms with E-state index in [1.165, 1.54) is 238 Å². The van der Waals surface area contributed by atoms with E-state index in [9.17, 15) is 30.3 Å². The Morgan fingerprint density at radius 1 is 0.452 bits per heavy atom. The molecule has 9 nitrogen and oxygen atoms in total. The van der Waals surface area contributed by atoms with E-state index in [1.54, 1.807) is 6.08 Å². The Balaban J connectivity index is 2.02. The first-order valence-electron chi connectivity index (χ1n) is 31.7. The molecule has 6 N–H and O–H groups in total. The Bertz CT molecular complexity index is 1240. The number of aliphatic hydroxyl groups excluding tert-OH is 5. The molecule has 1 amide bonds. The highest BCUT2D eigenvalue weighted by atomic mass is 16.7. The average molecular weight is 1030 g/mol. The van der Waals surface area contributed by atoms with E-state index in [0.29, 0.717) is 6.42 Å². The molecular weight excluding hydrogens is 911 g/mol. The van der Waals surface area contributed by atoms with E-state index in [4.69, 9.17) is 9.47 Å². The number of rotatable bonds is 55. The van der Waals surface area contributed by atoms with Crippen molar-refractivity contribution in [3.05, 3.63) is 36.5 Å². The Morgan fingerprint density at radius 2 is 0.781 bits per heavy atom. The number of nitrogens with one attached hydrogen (secondary N) is 1. The van der Waals surface area contributed by atoms with E-state index in [0.717, 1.165) is 51.4 Å². The standard InChI is InChI=1S/C64H121NO8/c1-3-5-7-9-11-13-15-17-18-19-20-21-22-23-24-25-26-27-28-29-30-31-32-33-34-35-36-37-38-39-40-41-42-44-46-48-50-52-54-60(68)65-57(56-72-64-63(71)62(70)61(69)59(55-66)73-64)58(67)53-51-49-47-45-43-16-14-12-10-8-6-4-2/h10,12,43,45,51,53,57-59,61-64,66-67,69-71H,3-9,11,13-42,44,46-50,52,54-56H2,1-2H3,(H,65,68)/b12-10+,45-43+,53-51+. The van der Waals surface area contributed by atoms with Gasteiger partial charge in [0.2, 0.25) is 5.91 Å². The smallest absolute Gasteiger partial charge is 0.220 e. The molecule has 0 spiro atoms. The lowest BCUT2D eigenvalue weighted by molar-refractivity contribution is -0.302. The highest BCUT2D eigenvalue weighted by Crippen LogP contribution is 2.23. The van der Waals surface area contributed by atoms with Gasteiger partial charge in [0.1, 0.15) is 24.4 Å². The predicted molar refractivity (Wildman–Crippen MR) is 309 cm³/mol. The summed E-state index contributed by atoms with van der Waals surface area (Å²) < 4.78 is 11.2. The summed E-state index contributed by atoms with van der Waals surface area (Å²) in [5.41, 5.74) is 0. The largest absolute Gasteiger partial charge is 0.394 e. The summed E-state index contributed by atoms with van der Waals surface area (Å²) in [6.45, 7) is 3.73. The molecule has 7 atom stereocenters. The van der Waals surface area contributed by atoms with Gasteiger partial charge in [-0.2, -0.15) is 0 Å². The van der Waals surface area contributed by atoms with Crippen molar-refractivity contribution in [2.24, 2.45) is 0 Å². The number of hydrogen-bond donors (Lipinski definition) is 6. The quantitative estimate of drug-likeness (QED) is 0.0261. The van der Waals surface area contributed by atoms with Crippen LogP contribution in [0.3, 0.4) is 0 Å². The minimum atomic E-state index is -1.57. The fraction of sp³-hybridized carbons (Fsp3) is 0.891. The van der Waals surface area contributed by atoms with Crippen molar-refractivity contribution in [3.8, 4) is 0 Å². The van der Waals surface area contributed by atoms with Gasteiger partial charge in [-0.25, -0.2) is 0 Å². The van der Waals surface area contributed by atoms with Gasteiger partial charge in [0, 0.05) is 6.42 Å². The van der Waals surface area contributed by atoms with Gasteiger partial charge < -0.3 is 40.3 Å². The number of carbonyl (C=O) groups is 1. The van der Waals surface area contributed by atoms with Crippen LogP contribution in [0.4, 0.5) is 0 Å². The molecule has 0 aliphatic carbocycles. The molecule has 1 heterocycles. The van der Waals surface area contributed by atoms with E-state index < -0.39 is 49.5 Å². The molecule has 0 saturated carbocycles. The third-order valence-corrected chi connectivity index (χ3v) is 15.2. The van der Waals surface area contributed by atoms with E-state index in [1.807, 2.05) is 6.08 Å². The second-order valence-electron chi connectivity index (χ2n) is 22.2. The van der Waals surface area contributed by atoms with Crippen LogP contribution in [0.1, 0.15) is 309 Å². The van der Waals surface area contributed by atoms with Gasteiger partial charge in [-0.3, -0.25) is 4.79 Å². The van der Waals surface area contributed by atoms with Crippen molar-refractivity contribution < 1.29 is 39.8 Å². The Kier molecular flexibility index (Phi) is 51.2. The van der Waals surface area contributed by atoms with Crippen LogP contribution >= 0.6 is 0 Å². The van der Waals surface area contributed by atoms with Crippen LogP contribution in [0.2, 0.25) is 0 Å². The van der Waals surface area contributed by atoms with Crippen LogP contribution in [0, 0.1) is 0 Å². The van der Waals surface area contributed by atoms with Crippen LogP contribution in [-0.2, 0) is 14.3 Å². The first-order valence-corrected chi connectivity index (χ1v) is 31.7. The van der Waals surface area contributed by atoms with Crippen molar-refractivity contribution >= 4 is 5.91 Å². The molecule has 0 bridgehead atoms. The molecule has 0 aromatic heterocycles. The molecular formula is C64H121NO8. The zero-order valence-corrected chi connectivity index (χ0v) is 47.9. The van der Waals surface area contributed by atoms with Gasteiger partial charge in [-0.1, -0.05) is 301 Å². The van der Waals surface area contributed by atoms with E-state index in [2.05, 4.69) is 43.5 Å². The second-order valence-corrected chi connectivity index (χ2v) is 22.2. The summed E-state index contributed by atoms with van der Waals surface area (Å²) in [7, 11) is 0. The average Bonchev–Trinajstić information content (AvgIpc) is 3.39. The summed E-state index contributed by atoms with van der Waals surface area (Å²) in [6, 6.07) is -0.825. The maximum absolute atomic E-state index is 13.0. The van der Waals surface area contributed by atoms with E-state index in [-0.39, 0.29) is 12.5 Å². The Hall–Kier alpha value is -1.59. The van der Waals surface area contributed by atoms with Gasteiger partial charge in [0.15, 0.2) is 6.29 Å². The number of unbranched alkanes of at least 4 members (excludes halogenated alkanes) is 41. The van der Waals surface area contributed by atoms with Crippen molar-refractivity contribution in [2.45, 2.75) is 352 Å². The molecule has 9 heteroatoms. The lowest BCUT2D eigenvalue weighted by Crippen LogP contribution is -2.60. The predicted octanol–water partition coefficient (Wildman–Crippen LogP) is 16.3. The van der Waals surface area contributed by atoms with Crippen molar-refractivity contribution in [3.63, 3.8) is 0 Å². The van der Waals surface area contributed by atoms with Gasteiger partial charge in [0.25, 0.3) is 0 Å². The summed E-state index contributed by atoms with van der Waals surface area (Å²) in [5.74, 6) is -0.187. The normalized spacial score (nSPS) is 19.2. The fourth-order valence-electron chi connectivity index (χ4n) is 10.2. The highest BCUT2D eigenvalue weighted by Gasteiger charge is 2.44. The second kappa shape index (κ2) is 53.8. The third kappa shape index (κ3) is 43.1. The minimum Gasteiger partial charge on any atom is -0.394 e. The van der Waals surface area contributed by atoms with Gasteiger partial charge in [0.05, 0.1) is 25.4 Å². The molecule has 1 fully saturated rings. The Morgan fingerprint density at radius 3 is 1.14 bits per heavy atom. The lowest BCUT2D eigenvalue weighted by Gasteiger charge is -2.40.